The highest BCUT2D eigenvalue weighted by Gasteiger charge is 2.33. The minimum absolute atomic E-state index is 0.0174. The van der Waals surface area contributed by atoms with Gasteiger partial charge < -0.3 is 4.74 Å². The molecule has 1 saturated heterocycles. The first kappa shape index (κ1) is 24.1. The molecule has 34 heavy (non-hydrogen) atoms. The summed E-state index contributed by atoms with van der Waals surface area (Å²) in [6, 6.07) is 12.4. The maximum Gasteiger partial charge on any atom is 0.311 e. The van der Waals surface area contributed by atoms with Crippen LogP contribution in [0, 0.1) is 18.4 Å². The predicted molar refractivity (Wildman–Crippen MR) is 136 cm³/mol. The van der Waals surface area contributed by atoms with Crippen molar-refractivity contribution in [2.75, 3.05) is 20.2 Å². The molecule has 0 spiro atoms. The molecule has 0 atom stereocenters. The van der Waals surface area contributed by atoms with Gasteiger partial charge in [0.1, 0.15) is 10.0 Å². The molecular weight excluding hydrogens is 444 g/mol. The number of aromatic nitrogens is 2. The highest BCUT2D eigenvalue weighted by molar-refractivity contribution is 7.17. The largest absolute Gasteiger partial charge is 0.469 e. The van der Waals surface area contributed by atoms with Crippen LogP contribution in [0.25, 0.3) is 26.0 Å². The number of carbonyl (C=O) groups excluding carboxylic acids is 1. The van der Waals surface area contributed by atoms with E-state index in [1.165, 1.54) is 18.2 Å². The molecule has 0 saturated carbocycles. The van der Waals surface area contributed by atoms with Crippen LogP contribution in [0.3, 0.4) is 0 Å². The van der Waals surface area contributed by atoms with E-state index >= 15 is 0 Å². The zero-order valence-electron chi connectivity index (χ0n) is 20.2. The van der Waals surface area contributed by atoms with Crippen LogP contribution >= 0.6 is 11.3 Å². The van der Waals surface area contributed by atoms with Gasteiger partial charge in [0.15, 0.2) is 5.69 Å². The van der Waals surface area contributed by atoms with Crippen molar-refractivity contribution in [3.8, 4) is 21.1 Å². The molecule has 4 rings (SSSR count). The fourth-order valence-electron chi connectivity index (χ4n) is 4.52. The standard InChI is InChI=1S/C27H30N4O2S/c1-6-22-20(14-31-15-21(16-31)27(32)33-5)8-7-9-23(22)26-30-29-25(34-26)19-11-10-18(12-17(2)3)24(13-19)28-4/h7-11,13,17,21H,6,12,14-16H2,1-3,5H3. The Morgan fingerprint density at radius 1 is 1.21 bits per heavy atom. The van der Waals surface area contributed by atoms with Crippen LogP contribution in [0.4, 0.5) is 5.69 Å². The Kier molecular flexibility index (Phi) is 7.40. The molecular formula is C27H30N4O2S. The number of benzene rings is 2. The van der Waals surface area contributed by atoms with Gasteiger partial charge in [-0.3, -0.25) is 9.69 Å². The van der Waals surface area contributed by atoms with Gasteiger partial charge in [-0.25, -0.2) is 4.85 Å². The molecule has 2 aromatic carbocycles. The van der Waals surface area contributed by atoms with Crippen LogP contribution in [0.15, 0.2) is 36.4 Å². The molecule has 0 aliphatic carbocycles. The Morgan fingerprint density at radius 3 is 2.65 bits per heavy atom. The number of rotatable bonds is 8. The summed E-state index contributed by atoms with van der Waals surface area (Å²) >= 11 is 1.56. The number of methoxy groups -OCH3 is 1. The fraction of sp³-hybridized carbons (Fsp3) is 0.407. The summed E-state index contributed by atoms with van der Waals surface area (Å²) in [5.74, 6) is 0.360. The smallest absolute Gasteiger partial charge is 0.311 e. The van der Waals surface area contributed by atoms with Gasteiger partial charge in [0.05, 0.1) is 19.6 Å². The SMILES string of the molecule is [C-]#[N+]c1cc(-c2nnc(-c3cccc(CN4CC(C(=O)OC)C4)c3CC)s2)ccc1CC(C)C. The third kappa shape index (κ3) is 5.03. The van der Waals surface area contributed by atoms with E-state index in [0.717, 1.165) is 59.2 Å². The molecule has 6 nitrogen and oxygen atoms in total. The number of esters is 1. The van der Waals surface area contributed by atoms with Crippen molar-refractivity contribution < 1.29 is 9.53 Å². The summed E-state index contributed by atoms with van der Waals surface area (Å²) in [7, 11) is 1.45. The van der Waals surface area contributed by atoms with Crippen molar-refractivity contribution in [1.29, 1.82) is 0 Å². The van der Waals surface area contributed by atoms with Gasteiger partial charge in [0.2, 0.25) is 0 Å². The Balaban J connectivity index is 1.56. The molecule has 3 aromatic rings. The van der Waals surface area contributed by atoms with Crippen LogP contribution in [0.2, 0.25) is 0 Å². The zero-order valence-corrected chi connectivity index (χ0v) is 21.0. The number of carbonyl (C=O) groups is 1. The number of hydrogen-bond acceptors (Lipinski definition) is 6. The third-order valence-corrected chi connectivity index (χ3v) is 7.25. The first-order valence-electron chi connectivity index (χ1n) is 11.7. The topological polar surface area (TPSA) is 59.7 Å². The summed E-state index contributed by atoms with van der Waals surface area (Å²) < 4.78 is 4.86. The number of nitrogens with zero attached hydrogens (tertiary/aromatic N) is 4. The van der Waals surface area contributed by atoms with Crippen LogP contribution in [0.5, 0.6) is 0 Å². The molecule has 0 bridgehead atoms. The zero-order chi connectivity index (χ0) is 24.2. The lowest BCUT2D eigenvalue weighted by atomic mass is 9.95. The van der Waals surface area contributed by atoms with E-state index < -0.39 is 0 Å². The normalized spacial score (nSPS) is 14.1. The fourth-order valence-corrected chi connectivity index (χ4v) is 5.41. The van der Waals surface area contributed by atoms with Gasteiger partial charge in [0.25, 0.3) is 0 Å². The van der Waals surface area contributed by atoms with Gasteiger partial charge in [-0.2, -0.15) is 0 Å². The van der Waals surface area contributed by atoms with Crippen LogP contribution in [-0.4, -0.2) is 41.3 Å². The van der Waals surface area contributed by atoms with E-state index in [4.69, 9.17) is 11.3 Å². The van der Waals surface area contributed by atoms with Gasteiger partial charge in [-0.15, -0.1) is 10.2 Å². The molecule has 7 heteroatoms. The van der Waals surface area contributed by atoms with Crippen LogP contribution < -0.4 is 0 Å². The van der Waals surface area contributed by atoms with E-state index in [-0.39, 0.29) is 11.9 Å². The Labute approximate surface area is 205 Å². The third-order valence-electron chi connectivity index (χ3n) is 6.25. The van der Waals surface area contributed by atoms with E-state index in [2.05, 4.69) is 71.0 Å². The highest BCUT2D eigenvalue weighted by atomic mass is 32.1. The molecule has 1 aliphatic rings. The van der Waals surface area contributed by atoms with E-state index in [1.54, 1.807) is 11.3 Å². The highest BCUT2D eigenvalue weighted by Crippen LogP contribution is 2.36. The molecule has 0 unspecified atom stereocenters. The number of hydrogen-bond donors (Lipinski definition) is 0. The molecule has 0 N–H and O–H groups in total. The lowest BCUT2D eigenvalue weighted by Gasteiger charge is -2.37. The van der Waals surface area contributed by atoms with E-state index in [0.29, 0.717) is 11.6 Å². The first-order valence-corrected chi connectivity index (χ1v) is 12.5. The monoisotopic (exact) mass is 474 g/mol. The average Bonchev–Trinajstić information content (AvgIpc) is 3.30. The van der Waals surface area contributed by atoms with Gasteiger partial charge in [-0.05, 0) is 41.5 Å². The summed E-state index contributed by atoms with van der Waals surface area (Å²) in [6.45, 7) is 16.4. The minimum Gasteiger partial charge on any atom is -0.469 e. The van der Waals surface area contributed by atoms with E-state index in [1.807, 2.05) is 6.07 Å². The van der Waals surface area contributed by atoms with Crippen molar-refractivity contribution in [2.45, 2.75) is 40.2 Å². The van der Waals surface area contributed by atoms with Gasteiger partial charge in [0, 0.05) is 30.8 Å². The molecule has 1 aromatic heterocycles. The lowest BCUT2D eigenvalue weighted by molar-refractivity contribution is -0.151. The van der Waals surface area contributed by atoms with Crippen molar-refractivity contribution in [3.63, 3.8) is 0 Å². The Hall–Kier alpha value is -3.08. The van der Waals surface area contributed by atoms with Crippen LogP contribution in [0.1, 0.15) is 37.5 Å². The molecule has 1 fully saturated rings. The van der Waals surface area contributed by atoms with Gasteiger partial charge in [-0.1, -0.05) is 62.4 Å². The summed E-state index contributed by atoms with van der Waals surface area (Å²) in [4.78, 5) is 17.7. The quantitative estimate of drug-likeness (QED) is 0.306. The van der Waals surface area contributed by atoms with Crippen molar-refractivity contribution in [1.82, 2.24) is 15.1 Å². The second-order valence-corrected chi connectivity index (χ2v) is 10.2. The number of likely N-dealkylation sites (tertiary alicyclic amines) is 1. The van der Waals surface area contributed by atoms with Crippen molar-refractivity contribution in [3.05, 3.63) is 64.5 Å². The molecule has 2 heterocycles. The molecule has 0 amide bonds. The molecule has 1 aliphatic heterocycles. The summed E-state index contributed by atoms with van der Waals surface area (Å²) in [6.07, 6.45) is 1.78. The first-order chi connectivity index (χ1) is 16.4. The summed E-state index contributed by atoms with van der Waals surface area (Å²) in [5, 5.41) is 10.7. The summed E-state index contributed by atoms with van der Waals surface area (Å²) in [5.41, 5.74) is 6.34. The molecule has 176 valence electrons. The predicted octanol–water partition coefficient (Wildman–Crippen LogP) is 5.79. The maximum atomic E-state index is 11.7. The van der Waals surface area contributed by atoms with Crippen LogP contribution in [-0.2, 0) is 28.9 Å². The molecule has 0 radical (unpaired) electrons. The average molecular weight is 475 g/mol. The number of ether oxygens (including phenoxy) is 1. The minimum atomic E-state index is -0.124. The second-order valence-electron chi connectivity index (χ2n) is 9.18. The Bertz CT molecular complexity index is 1220. The second kappa shape index (κ2) is 10.5. The van der Waals surface area contributed by atoms with Crippen molar-refractivity contribution >= 4 is 23.0 Å². The lowest BCUT2D eigenvalue weighted by Crippen LogP contribution is -2.50. The van der Waals surface area contributed by atoms with Gasteiger partial charge >= 0.3 is 5.97 Å². The van der Waals surface area contributed by atoms with Crippen molar-refractivity contribution in [2.24, 2.45) is 11.8 Å². The maximum absolute atomic E-state index is 11.7. The van der Waals surface area contributed by atoms with E-state index in [9.17, 15) is 4.79 Å². The Morgan fingerprint density at radius 2 is 1.97 bits per heavy atom.